The molecule has 0 heterocycles. The number of benzene rings is 1. The average Bonchev–Trinajstić information content (AvgIpc) is 2.29. The van der Waals surface area contributed by atoms with E-state index in [1.807, 2.05) is 37.3 Å². The third-order valence-electron chi connectivity index (χ3n) is 2.35. The molecule has 1 aromatic carbocycles. The third-order valence-corrected chi connectivity index (χ3v) is 2.35. The number of rotatable bonds is 4. The minimum absolute atomic E-state index is 0.139. The van der Waals surface area contributed by atoms with E-state index >= 15 is 0 Å². The molecule has 1 N–H and O–H groups in total. The van der Waals surface area contributed by atoms with Gasteiger partial charge in [-0.05, 0) is 19.4 Å². The van der Waals surface area contributed by atoms with Gasteiger partial charge in [0.05, 0.1) is 7.11 Å². The number of hydrogen-bond acceptors (Lipinski definition) is 3. The van der Waals surface area contributed by atoms with Gasteiger partial charge in [0.1, 0.15) is 6.04 Å². The fourth-order valence-corrected chi connectivity index (χ4v) is 1.46. The lowest BCUT2D eigenvalue weighted by molar-refractivity contribution is -0.142. The molecule has 0 aliphatic carbocycles. The van der Waals surface area contributed by atoms with Crippen molar-refractivity contribution in [2.45, 2.75) is 25.9 Å². The van der Waals surface area contributed by atoms with Crippen LogP contribution in [0.15, 0.2) is 30.3 Å². The maximum absolute atomic E-state index is 11.2. The summed E-state index contributed by atoms with van der Waals surface area (Å²) in [7, 11) is 1.40. The molecule has 82 valence electrons. The Morgan fingerprint density at radius 2 is 1.87 bits per heavy atom. The summed E-state index contributed by atoms with van der Waals surface area (Å²) in [6.07, 6.45) is 0. The monoisotopic (exact) mass is 207 g/mol. The van der Waals surface area contributed by atoms with E-state index in [2.05, 4.69) is 10.1 Å². The van der Waals surface area contributed by atoms with Gasteiger partial charge in [-0.15, -0.1) is 0 Å². The lowest BCUT2D eigenvalue weighted by atomic mass is 10.1. The molecule has 3 nitrogen and oxygen atoms in total. The quantitative estimate of drug-likeness (QED) is 0.766. The predicted molar refractivity (Wildman–Crippen MR) is 59.5 cm³/mol. The smallest absolute Gasteiger partial charge is 0.322 e. The van der Waals surface area contributed by atoms with Crippen molar-refractivity contribution in [1.29, 1.82) is 0 Å². The molecule has 3 heteroatoms. The van der Waals surface area contributed by atoms with E-state index in [4.69, 9.17) is 0 Å². The summed E-state index contributed by atoms with van der Waals surface area (Å²) in [4.78, 5) is 11.2. The highest BCUT2D eigenvalue weighted by molar-refractivity contribution is 5.75. The summed E-state index contributed by atoms with van der Waals surface area (Å²) in [5.74, 6) is -0.238. The minimum Gasteiger partial charge on any atom is -0.468 e. The van der Waals surface area contributed by atoms with Crippen molar-refractivity contribution < 1.29 is 9.53 Å². The molecular weight excluding hydrogens is 190 g/mol. The van der Waals surface area contributed by atoms with E-state index in [-0.39, 0.29) is 18.1 Å². The van der Waals surface area contributed by atoms with E-state index in [0.29, 0.717) is 0 Å². The second-order valence-electron chi connectivity index (χ2n) is 3.54. The molecule has 0 aromatic heterocycles. The van der Waals surface area contributed by atoms with Crippen molar-refractivity contribution in [2.75, 3.05) is 7.11 Å². The number of nitrogens with one attached hydrogen (secondary N) is 1. The Balaban J connectivity index is 2.56. The highest BCUT2D eigenvalue weighted by atomic mass is 16.5. The minimum atomic E-state index is -0.287. The molecule has 1 rings (SSSR count). The third kappa shape index (κ3) is 3.36. The van der Waals surface area contributed by atoms with Gasteiger partial charge in [-0.25, -0.2) is 0 Å². The molecule has 0 spiro atoms. The summed E-state index contributed by atoms with van der Waals surface area (Å²) in [6, 6.07) is 9.85. The maximum atomic E-state index is 11.2. The second kappa shape index (κ2) is 5.51. The van der Waals surface area contributed by atoms with Gasteiger partial charge in [0.2, 0.25) is 0 Å². The number of carbonyl (C=O) groups excluding carboxylic acids is 1. The maximum Gasteiger partial charge on any atom is 0.322 e. The van der Waals surface area contributed by atoms with Crippen LogP contribution in [0.4, 0.5) is 0 Å². The Hall–Kier alpha value is -1.35. The summed E-state index contributed by atoms with van der Waals surface area (Å²) in [6.45, 7) is 3.82. The van der Waals surface area contributed by atoms with Crippen LogP contribution in [0.1, 0.15) is 25.5 Å². The molecule has 0 bridgehead atoms. The van der Waals surface area contributed by atoms with Crippen LogP contribution < -0.4 is 5.32 Å². The van der Waals surface area contributed by atoms with E-state index in [1.165, 1.54) is 7.11 Å². The van der Waals surface area contributed by atoms with Crippen LogP contribution >= 0.6 is 0 Å². The lowest BCUT2D eigenvalue weighted by Crippen LogP contribution is -2.36. The highest BCUT2D eigenvalue weighted by Crippen LogP contribution is 2.11. The summed E-state index contributed by atoms with van der Waals surface area (Å²) < 4.78 is 4.65. The van der Waals surface area contributed by atoms with Crippen LogP contribution in [0.5, 0.6) is 0 Å². The molecule has 0 radical (unpaired) electrons. The normalized spacial score (nSPS) is 14.3. The van der Waals surface area contributed by atoms with Gasteiger partial charge in [0, 0.05) is 6.04 Å². The van der Waals surface area contributed by atoms with Crippen LogP contribution in [-0.4, -0.2) is 19.1 Å². The first-order chi connectivity index (χ1) is 7.15. The van der Waals surface area contributed by atoms with E-state index in [0.717, 1.165) is 5.56 Å². The molecule has 0 saturated heterocycles. The largest absolute Gasteiger partial charge is 0.468 e. The van der Waals surface area contributed by atoms with E-state index < -0.39 is 0 Å². The Labute approximate surface area is 90.4 Å². The van der Waals surface area contributed by atoms with Gasteiger partial charge in [-0.1, -0.05) is 30.3 Å². The molecule has 0 unspecified atom stereocenters. The molecule has 2 atom stereocenters. The van der Waals surface area contributed by atoms with Gasteiger partial charge in [0.15, 0.2) is 0 Å². The molecule has 0 fully saturated rings. The van der Waals surface area contributed by atoms with Gasteiger partial charge in [0.25, 0.3) is 0 Å². The first kappa shape index (κ1) is 11.7. The van der Waals surface area contributed by atoms with Crippen LogP contribution in [0.3, 0.4) is 0 Å². The summed E-state index contributed by atoms with van der Waals surface area (Å²) >= 11 is 0. The average molecular weight is 207 g/mol. The number of ether oxygens (including phenoxy) is 1. The van der Waals surface area contributed by atoms with E-state index in [9.17, 15) is 4.79 Å². The van der Waals surface area contributed by atoms with Crippen molar-refractivity contribution in [3.63, 3.8) is 0 Å². The summed E-state index contributed by atoms with van der Waals surface area (Å²) in [5.41, 5.74) is 1.16. The van der Waals surface area contributed by atoms with Gasteiger partial charge < -0.3 is 4.74 Å². The van der Waals surface area contributed by atoms with E-state index in [1.54, 1.807) is 6.92 Å². The highest BCUT2D eigenvalue weighted by Gasteiger charge is 2.15. The zero-order chi connectivity index (χ0) is 11.3. The number of esters is 1. The Morgan fingerprint density at radius 3 is 2.40 bits per heavy atom. The zero-order valence-corrected chi connectivity index (χ0v) is 9.36. The van der Waals surface area contributed by atoms with Crippen molar-refractivity contribution in [3.05, 3.63) is 35.9 Å². The Bertz CT molecular complexity index is 311. The molecular formula is C12H17NO2. The molecule has 0 amide bonds. The topological polar surface area (TPSA) is 38.3 Å². The van der Waals surface area contributed by atoms with Crippen molar-refractivity contribution >= 4 is 5.97 Å². The van der Waals surface area contributed by atoms with Gasteiger partial charge in [-0.3, -0.25) is 10.1 Å². The number of methoxy groups -OCH3 is 1. The van der Waals surface area contributed by atoms with Crippen molar-refractivity contribution in [1.82, 2.24) is 5.32 Å². The number of carbonyl (C=O) groups is 1. The molecule has 0 saturated carbocycles. The molecule has 0 aliphatic heterocycles. The predicted octanol–water partition coefficient (Wildman–Crippen LogP) is 1.90. The van der Waals surface area contributed by atoms with Gasteiger partial charge in [-0.2, -0.15) is 0 Å². The molecule has 0 aliphatic rings. The first-order valence-corrected chi connectivity index (χ1v) is 5.04. The van der Waals surface area contributed by atoms with Crippen molar-refractivity contribution in [2.24, 2.45) is 0 Å². The summed E-state index contributed by atoms with van der Waals surface area (Å²) in [5, 5.41) is 3.17. The SMILES string of the molecule is COC(=O)[C@H](C)N[C@H](C)c1ccccc1. The Morgan fingerprint density at radius 1 is 1.27 bits per heavy atom. The van der Waals surface area contributed by atoms with Crippen LogP contribution in [0.2, 0.25) is 0 Å². The van der Waals surface area contributed by atoms with Gasteiger partial charge >= 0.3 is 5.97 Å². The first-order valence-electron chi connectivity index (χ1n) is 5.04. The fourth-order valence-electron chi connectivity index (χ4n) is 1.46. The van der Waals surface area contributed by atoms with Crippen molar-refractivity contribution in [3.8, 4) is 0 Å². The van der Waals surface area contributed by atoms with Crippen LogP contribution in [0, 0.1) is 0 Å². The number of hydrogen-bond donors (Lipinski definition) is 1. The molecule has 15 heavy (non-hydrogen) atoms. The Kier molecular flexibility index (Phi) is 4.31. The van der Waals surface area contributed by atoms with Crippen LogP contribution in [0.25, 0.3) is 0 Å². The zero-order valence-electron chi connectivity index (χ0n) is 9.36. The molecule has 1 aromatic rings. The van der Waals surface area contributed by atoms with Crippen LogP contribution in [-0.2, 0) is 9.53 Å². The second-order valence-corrected chi connectivity index (χ2v) is 3.54. The fraction of sp³-hybridized carbons (Fsp3) is 0.417. The standard InChI is InChI=1S/C12H17NO2/c1-9(11-7-5-4-6-8-11)13-10(2)12(14)15-3/h4-10,13H,1-3H3/t9-,10+/m1/s1. The lowest BCUT2D eigenvalue weighted by Gasteiger charge is -2.18.